The van der Waals surface area contributed by atoms with Crippen molar-refractivity contribution in [3.63, 3.8) is 0 Å². The molecule has 10 heteroatoms. The minimum Gasteiger partial charge on any atom is -0.462 e. The third kappa shape index (κ3) is 6.46. The number of aromatic nitrogens is 1. The predicted molar refractivity (Wildman–Crippen MR) is 109 cm³/mol. The van der Waals surface area contributed by atoms with Crippen molar-refractivity contribution in [3.8, 4) is 0 Å². The lowest BCUT2D eigenvalue weighted by atomic mass is 10.3. The molecule has 0 saturated carbocycles. The summed E-state index contributed by atoms with van der Waals surface area (Å²) in [6.45, 7) is 11.0. The standard InChI is InChI=1S/C17H30N4O4S2/c1-8-25-15(22)13-11(2)20-14(26-13)12(3)21-16(18-7)19-9-10-27(23,24)17(4,5)6/h12H,8-10H2,1-7H3,(H2,18,19,21). The number of guanidine groups is 1. The number of sulfone groups is 1. The summed E-state index contributed by atoms with van der Waals surface area (Å²) in [5, 5.41) is 6.89. The Labute approximate surface area is 165 Å². The zero-order valence-corrected chi connectivity index (χ0v) is 18.7. The van der Waals surface area contributed by atoms with Gasteiger partial charge < -0.3 is 15.4 Å². The van der Waals surface area contributed by atoms with Crippen LogP contribution in [-0.4, -0.2) is 56.0 Å². The monoisotopic (exact) mass is 418 g/mol. The van der Waals surface area contributed by atoms with Gasteiger partial charge in [-0.2, -0.15) is 0 Å². The number of hydrogen-bond acceptors (Lipinski definition) is 7. The van der Waals surface area contributed by atoms with Gasteiger partial charge in [0.1, 0.15) is 9.88 Å². The van der Waals surface area contributed by atoms with Crippen molar-refractivity contribution in [2.75, 3.05) is 26.0 Å². The first-order valence-electron chi connectivity index (χ1n) is 8.76. The highest BCUT2D eigenvalue weighted by Gasteiger charge is 2.28. The normalized spacial score (nSPS) is 14.0. The van der Waals surface area contributed by atoms with Crippen LogP contribution in [-0.2, 0) is 14.6 Å². The molecule has 0 saturated heterocycles. The smallest absolute Gasteiger partial charge is 0.350 e. The molecule has 2 N–H and O–H groups in total. The van der Waals surface area contributed by atoms with Gasteiger partial charge in [0.25, 0.3) is 0 Å². The fourth-order valence-electron chi connectivity index (χ4n) is 2.06. The van der Waals surface area contributed by atoms with Crippen molar-refractivity contribution in [2.24, 2.45) is 4.99 Å². The average Bonchev–Trinajstić information content (AvgIpc) is 2.95. The van der Waals surface area contributed by atoms with Gasteiger partial charge in [0.05, 0.1) is 28.8 Å². The fraction of sp³-hybridized carbons (Fsp3) is 0.706. The molecular weight excluding hydrogens is 388 g/mol. The molecule has 0 amide bonds. The maximum atomic E-state index is 12.2. The first kappa shape index (κ1) is 23.4. The molecule has 1 unspecified atom stereocenters. The van der Waals surface area contributed by atoms with E-state index in [0.29, 0.717) is 23.1 Å². The minimum absolute atomic E-state index is 0.00888. The van der Waals surface area contributed by atoms with Gasteiger partial charge in [-0.3, -0.25) is 4.99 Å². The van der Waals surface area contributed by atoms with Crippen LogP contribution in [0.25, 0.3) is 0 Å². The van der Waals surface area contributed by atoms with E-state index in [2.05, 4.69) is 20.6 Å². The molecule has 8 nitrogen and oxygen atoms in total. The predicted octanol–water partition coefficient (Wildman–Crippen LogP) is 2.07. The molecule has 0 aliphatic heterocycles. The van der Waals surface area contributed by atoms with Crippen LogP contribution in [0.15, 0.2) is 4.99 Å². The van der Waals surface area contributed by atoms with Crippen molar-refractivity contribution >= 4 is 33.1 Å². The summed E-state index contributed by atoms with van der Waals surface area (Å²) in [4.78, 5) is 21.0. The second kappa shape index (κ2) is 9.50. The van der Waals surface area contributed by atoms with E-state index < -0.39 is 14.6 Å². The number of aryl methyl sites for hydroxylation is 1. The molecular formula is C17H30N4O4S2. The largest absolute Gasteiger partial charge is 0.462 e. The summed E-state index contributed by atoms with van der Waals surface area (Å²) in [6, 6.07) is -0.206. The van der Waals surface area contributed by atoms with E-state index in [1.807, 2.05) is 6.92 Å². The first-order chi connectivity index (χ1) is 12.4. The Bertz CT molecular complexity index is 779. The number of thiazole rings is 1. The van der Waals surface area contributed by atoms with Crippen LogP contribution in [0.2, 0.25) is 0 Å². The maximum Gasteiger partial charge on any atom is 0.350 e. The molecule has 0 aliphatic rings. The third-order valence-electron chi connectivity index (χ3n) is 3.82. The lowest BCUT2D eigenvalue weighted by molar-refractivity contribution is 0.0531. The van der Waals surface area contributed by atoms with Crippen LogP contribution in [0.5, 0.6) is 0 Å². The molecule has 0 bridgehead atoms. The summed E-state index contributed by atoms with van der Waals surface area (Å²) < 4.78 is 28.6. The molecule has 1 aromatic heterocycles. The highest BCUT2D eigenvalue weighted by atomic mass is 32.2. The van der Waals surface area contributed by atoms with Crippen molar-refractivity contribution in [3.05, 3.63) is 15.6 Å². The summed E-state index contributed by atoms with van der Waals surface area (Å²) in [5.74, 6) is 0.104. The zero-order valence-electron chi connectivity index (χ0n) is 17.0. The van der Waals surface area contributed by atoms with E-state index in [1.54, 1.807) is 41.7 Å². The lowest BCUT2D eigenvalue weighted by Gasteiger charge is -2.20. The van der Waals surface area contributed by atoms with Crippen molar-refractivity contribution in [2.45, 2.75) is 52.3 Å². The van der Waals surface area contributed by atoms with Gasteiger partial charge in [-0.05, 0) is 41.5 Å². The average molecular weight is 419 g/mol. The number of rotatable bonds is 7. The van der Waals surface area contributed by atoms with E-state index in [1.165, 1.54) is 11.3 Å². The van der Waals surface area contributed by atoms with Gasteiger partial charge in [-0.25, -0.2) is 18.2 Å². The Morgan fingerprint density at radius 3 is 2.52 bits per heavy atom. The van der Waals surface area contributed by atoms with E-state index >= 15 is 0 Å². The summed E-state index contributed by atoms with van der Waals surface area (Å²) in [5.41, 5.74) is 0.626. The first-order valence-corrected chi connectivity index (χ1v) is 11.2. The molecule has 27 heavy (non-hydrogen) atoms. The van der Waals surface area contributed by atoms with Gasteiger partial charge in [-0.15, -0.1) is 11.3 Å². The number of carbonyl (C=O) groups is 1. The second-order valence-corrected chi connectivity index (χ2v) is 10.9. The molecule has 1 aromatic rings. The number of nitrogens with zero attached hydrogens (tertiary/aromatic N) is 2. The van der Waals surface area contributed by atoms with Gasteiger partial charge in [0.2, 0.25) is 0 Å². The van der Waals surface area contributed by atoms with E-state index in [9.17, 15) is 13.2 Å². The Balaban J connectivity index is 2.71. The minimum atomic E-state index is -3.21. The summed E-state index contributed by atoms with van der Waals surface area (Å²) >= 11 is 1.27. The second-order valence-electron chi connectivity index (χ2n) is 6.98. The van der Waals surface area contributed by atoms with E-state index in [4.69, 9.17) is 4.74 Å². The zero-order chi connectivity index (χ0) is 20.8. The molecule has 0 radical (unpaired) electrons. The highest BCUT2D eigenvalue weighted by Crippen LogP contribution is 2.24. The van der Waals surface area contributed by atoms with Crippen LogP contribution >= 0.6 is 11.3 Å². The molecule has 0 fully saturated rings. The lowest BCUT2D eigenvalue weighted by Crippen LogP contribution is -2.42. The highest BCUT2D eigenvalue weighted by molar-refractivity contribution is 7.92. The van der Waals surface area contributed by atoms with Crippen molar-refractivity contribution < 1.29 is 17.9 Å². The third-order valence-corrected chi connectivity index (χ3v) is 7.75. The van der Waals surface area contributed by atoms with E-state index in [-0.39, 0.29) is 24.3 Å². The number of carbonyl (C=O) groups excluding carboxylic acids is 1. The molecule has 1 heterocycles. The number of esters is 1. The molecule has 1 rings (SSSR count). The Hall–Kier alpha value is -1.68. The Kier molecular flexibility index (Phi) is 8.22. The van der Waals surface area contributed by atoms with Gasteiger partial charge in [0, 0.05) is 13.6 Å². The Morgan fingerprint density at radius 2 is 2.00 bits per heavy atom. The van der Waals surface area contributed by atoms with Gasteiger partial charge >= 0.3 is 5.97 Å². The summed E-state index contributed by atoms with van der Waals surface area (Å²) in [6.07, 6.45) is 0. The van der Waals surface area contributed by atoms with Crippen LogP contribution in [0.4, 0.5) is 0 Å². The molecule has 0 aliphatic carbocycles. The summed E-state index contributed by atoms with van der Waals surface area (Å²) in [7, 11) is -1.60. The van der Waals surface area contributed by atoms with E-state index in [0.717, 1.165) is 5.01 Å². The molecule has 0 spiro atoms. The maximum absolute atomic E-state index is 12.2. The van der Waals surface area contributed by atoms with Crippen LogP contribution < -0.4 is 10.6 Å². The molecule has 154 valence electrons. The van der Waals surface area contributed by atoms with Crippen LogP contribution in [0.3, 0.4) is 0 Å². The van der Waals surface area contributed by atoms with Crippen LogP contribution in [0, 0.1) is 6.92 Å². The molecule has 1 atom stereocenters. The SMILES string of the molecule is CCOC(=O)c1sc(C(C)NC(=NC)NCCS(=O)(=O)C(C)(C)C)nc1C. The van der Waals surface area contributed by atoms with Gasteiger partial charge in [-0.1, -0.05) is 0 Å². The number of ether oxygens (including phenoxy) is 1. The Morgan fingerprint density at radius 1 is 1.37 bits per heavy atom. The van der Waals surface area contributed by atoms with Gasteiger partial charge in [0.15, 0.2) is 15.8 Å². The van der Waals surface area contributed by atoms with Crippen molar-refractivity contribution in [1.29, 1.82) is 0 Å². The number of nitrogens with one attached hydrogen (secondary N) is 2. The van der Waals surface area contributed by atoms with Crippen LogP contribution in [0.1, 0.15) is 61.0 Å². The topological polar surface area (TPSA) is 110 Å². The number of hydrogen-bond donors (Lipinski definition) is 2. The molecule has 0 aromatic carbocycles. The van der Waals surface area contributed by atoms with Crippen molar-refractivity contribution in [1.82, 2.24) is 15.6 Å². The number of aliphatic imine (C=N–C) groups is 1. The fourth-order valence-corrected chi connectivity index (χ4v) is 4.01. The quantitative estimate of drug-likeness (QED) is 0.396.